The van der Waals surface area contributed by atoms with E-state index in [1.807, 2.05) is 0 Å². The molecule has 3 N–H and O–H groups in total. The molecular weight excluding hydrogens is 262 g/mol. The molecule has 0 fully saturated rings. The van der Waals surface area contributed by atoms with Crippen molar-refractivity contribution in [1.82, 2.24) is 4.90 Å². The Hall–Kier alpha value is -0.250. The lowest BCUT2D eigenvalue weighted by Crippen LogP contribution is -2.40. The molecule has 0 saturated carbocycles. The molecule has 8 heteroatoms. The van der Waals surface area contributed by atoms with E-state index in [2.05, 4.69) is 22.9 Å². The van der Waals surface area contributed by atoms with Crippen molar-refractivity contribution < 1.29 is 27.4 Å². The van der Waals surface area contributed by atoms with Gasteiger partial charge < -0.3 is 10.2 Å². The van der Waals surface area contributed by atoms with E-state index in [-0.39, 0.29) is 12.2 Å². The van der Waals surface area contributed by atoms with Crippen molar-refractivity contribution in [3.8, 4) is 0 Å². The Labute approximate surface area is 109 Å². The Balaban J connectivity index is 0. The average molecular weight is 287 g/mol. The third kappa shape index (κ3) is 15.8. The summed E-state index contributed by atoms with van der Waals surface area (Å²) in [5, 5.41) is 18.3. The molecule has 0 rings (SSSR count). The molecular formula is C10H25NO6S. The predicted octanol–water partition coefficient (Wildman–Crippen LogP) is -0.106. The molecule has 0 bridgehead atoms. The van der Waals surface area contributed by atoms with E-state index in [1.165, 1.54) is 0 Å². The molecule has 0 aliphatic heterocycles. The molecule has 0 aliphatic carbocycles. The van der Waals surface area contributed by atoms with Crippen molar-refractivity contribution >= 4 is 10.4 Å². The van der Waals surface area contributed by atoms with Crippen LogP contribution in [0.2, 0.25) is 0 Å². The summed E-state index contributed by atoms with van der Waals surface area (Å²) in [5.74, 6) is 0. The minimum atomic E-state index is -4.16. The first-order valence-electron chi connectivity index (χ1n) is 5.62. The maximum atomic E-state index is 9.33. The van der Waals surface area contributed by atoms with Gasteiger partial charge in [0.1, 0.15) is 0 Å². The fraction of sp³-hybridized carbons (Fsp3) is 1.00. The normalized spacial score (nSPS) is 15.2. The van der Waals surface area contributed by atoms with Crippen molar-refractivity contribution in [3.63, 3.8) is 0 Å². The van der Waals surface area contributed by atoms with Gasteiger partial charge in [0, 0.05) is 19.1 Å². The lowest BCUT2D eigenvalue weighted by atomic mass is 10.2. The lowest BCUT2D eigenvalue weighted by molar-refractivity contribution is 0.0660. The number of hydrogen-bond acceptors (Lipinski definition) is 6. The van der Waals surface area contributed by atoms with Crippen molar-refractivity contribution in [3.05, 3.63) is 0 Å². The molecule has 0 radical (unpaired) electrons. The molecule has 0 spiro atoms. The van der Waals surface area contributed by atoms with Crippen LogP contribution in [0.5, 0.6) is 0 Å². The fourth-order valence-corrected chi connectivity index (χ4v) is 1.17. The summed E-state index contributed by atoms with van der Waals surface area (Å²) in [6, 6.07) is 0.370. The highest BCUT2D eigenvalue weighted by Gasteiger charge is 2.13. The summed E-state index contributed by atoms with van der Waals surface area (Å²) in [5.41, 5.74) is 0. The highest BCUT2D eigenvalue weighted by Crippen LogP contribution is 2.01. The van der Waals surface area contributed by atoms with E-state index in [0.717, 1.165) is 7.11 Å². The summed E-state index contributed by atoms with van der Waals surface area (Å²) >= 11 is 0. The van der Waals surface area contributed by atoms with E-state index in [0.29, 0.717) is 19.1 Å². The molecule has 0 heterocycles. The summed E-state index contributed by atoms with van der Waals surface area (Å²) in [6.45, 7) is 8.90. The predicted molar refractivity (Wildman–Crippen MR) is 68.6 cm³/mol. The van der Waals surface area contributed by atoms with Crippen molar-refractivity contribution in [2.24, 2.45) is 0 Å². The van der Waals surface area contributed by atoms with Crippen LogP contribution < -0.4 is 0 Å². The summed E-state index contributed by atoms with van der Waals surface area (Å²) < 4.78 is 29.7. The topological polar surface area (TPSA) is 107 Å². The zero-order valence-corrected chi connectivity index (χ0v) is 12.4. The van der Waals surface area contributed by atoms with Gasteiger partial charge in [0.15, 0.2) is 0 Å². The van der Waals surface area contributed by atoms with Crippen LogP contribution in [0.1, 0.15) is 27.7 Å². The Kier molecular flexibility index (Phi) is 10.8. The highest BCUT2D eigenvalue weighted by molar-refractivity contribution is 7.80. The minimum absolute atomic E-state index is 0.328. The molecule has 0 aromatic carbocycles. The first-order chi connectivity index (χ1) is 7.99. The van der Waals surface area contributed by atoms with Gasteiger partial charge in [-0.25, -0.2) is 0 Å². The first kappa shape index (κ1) is 20.1. The van der Waals surface area contributed by atoms with Gasteiger partial charge in [-0.1, -0.05) is 0 Å². The van der Waals surface area contributed by atoms with Crippen LogP contribution >= 0.6 is 0 Å². The third-order valence-electron chi connectivity index (χ3n) is 1.94. The maximum Gasteiger partial charge on any atom is 0.397 e. The van der Waals surface area contributed by atoms with Crippen molar-refractivity contribution in [1.29, 1.82) is 0 Å². The smallest absolute Gasteiger partial charge is 0.392 e. The third-order valence-corrected chi connectivity index (χ3v) is 2.36. The zero-order chi connectivity index (χ0) is 14.9. The van der Waals surface area contributed by atoms with Gasteiger partial charge in [0.25, 0.3) is 0 Å². The fourth-order valence-electron chi connectivity index (χ4n) is 1.17. The largest absolute Gasteiger partial charge is 0.397 e. The Morgan fingerprint density at radius 1 is 1.06 bits per heavy atom. The molecule has 0 aromatic heterocycles. The number of rotatable bonds is 6. The number of hydrogen-bond donors (Lipinski definition) is 3. The van der Waals surface area contributed by atoms with Crippen molar-refractivity contribution in [2.45, 2.75) is 45.9 Å². The Morgan fingerprint density at radius 3 is 1.44 bits per heavy atom. The second-order valence-electron chi connectivity index (χ2n) is 4.34. The molecule has 2 atom stereocenters. The van der Waals surface area contributed by atoms with Gasteiger partial charge in [0.2, 0.25) is 0 Å². The van der Waals surface area contributed by atoms with Crippen LogP contribution in [0, 0.1) is 0 Å². The van der Waals surface area contributed by atoms with Crippen LogP contribution in [0.25, 0.3) is 0 Å². The van der Waals surface area contributed by atoms with Gasteiger partial charge in [0.05, 0.1) is 19.3 Å². The highest BCUT2D eigenvalue weighted by atomic mass is 32.3. The zero-order valence-electron chi connectivity index (χ0n) is 11.6. The molecule has 2 unspecified atom stereocenters. The summed E-state index contributed by atoms with van der Waals surface area (Å²) in [4.78, 5) is 2.06. The molecule has 0 amide bonds. The number of nitrogens with zero attached hydrogens (tertiary/aromatic N) is 1. The second-order valence-corrected chi connectivity index (χ2v) is 5.53. The first-order valence-corrected chi connectivity index (χ1v) is 6.99. The van der Waals surface area contributed by atoms with Crippen LogP contribution in [-0.4, -0.2) is 66.5 Å². The van der Waals surface area contributed by atoms with Crippen LogP contribution in [0.15, 0.2) is 0 Å². The summed E-state index contributed by atoms with van der Waals surface area (Å²) in [7, 11) is -3.29. The monoisotopic (exact) mass is 287 g/mol. The lowest BCUT2D eigenvalue weighted by Gasteiger charge is -2.28. The molecule has 112 valence electrons. The maximum absolute atomic E-state index is 9.33. The van der Waals surface area contributed by atoms with Gasteiger partial charge in [-0.15, -0.1) is 0 Å². The van der Waals surface area contributed by atoms with Gasteiger partial charge in [-0.05, 0) is 27.7 Å². The van der Waals surface area contributed by atoms with Gasteiger partial charge in [-0.2, -0.15) is 8.42 Å². The van der Waals surface area contributed by atoms with Gasteiger partial charge in [-0.3, -0.25) is 13.6 Å². The van der Waals surface area contributed by atoms with E-state index >= 15 is 0 Å². The van der Waals surface area contributed by atoms with Crippen LogP contribution in [0.4, 0.5) is 0 Å². The van der Waals surface area contributed by atoms with Crippen LogP contribution in [-0.2, 0) is 14.6 Å². The minimum Gasteiger partial charge on any atom is -0.392 e. The SMILES string of the molecule is CC(O)CN(CC(C)O)C(C)C.COS(=O)(=O)O. The van der Waals surface area contributed by atoms with Crippen LogP contribution in [0.3, 0.4) is 0 Å². The van der Waals surface area contributed by atoms with E-state index in [4.69, 9.17) is 14.8 Å². The Morgan fingerprint density at radius 2 is 1.33 bits per heavy atom. The molecule has 7 nitrogen and oxygen atoms in total. The number of aliphatic hydroxyl groups excluding tert-OH is 2. The average Bonchev–Trinajstić information content (AvgIpc) is 2.15. The number of aliphatic hydroxyl groups is 2. The second kappa shape index (κ2) is 9.65. The molecule has 0 aliphatic rings. The van der Waals surface area contributed by atoms with E-state index < -0.39 is 10.4 Å². The van der Waals surface area contributed by atoms with Gasteiger partial charge >= 0.3 is 10.4 Å². The quantitative estimate of drug-likeness (QED) is 0.585. The van der Waals surface area contributed by atoms with E-state index in [9.17, 15) is 8.42 Å². The molecule has 18 heavy (non-hydrogen) atoms. The van der Waals surface area contributed by atoms with E-state index in [1.54, 1.807) is 13.8 Å². The Bertz CT molecular complexity index is 279. The van der Waals surface area contributed by atoms with Crippen molar-refractivity contribution in [2.75, 3.05) is 20.2 Å². The standard InChI is InChI=1S/C9H21NO2.CH4O4S/c1-7(2)10(5-8(3)11)6-9(4)12;1-5-6(2,3)4/h7-9,11-12H,5-6H2,1-4H3;1H3,(H,2,3,4). The molecule has 0 aromatic rings. The summed E-state index contributed by atoms with van der Waals surface area (Å²) in [6.07, 6.45) is -0.655. The molecule has 0 saturated heterocycles.